The van der Waals surface area contributed by atoms with Crippen LogP contribution in [0.2, 0.25) is 0 Å². The van der Waals surface area contributed by atoms with Crippen LogP contribution in [0.25, 0.3) is 0 Å². The molecule has 0 aromatic heterocycles. The second-order valence-corrected chi connectivity index (χ2v) is 5.19. The van der Waals surface area contributed by atoms with Gasteiger partial charge in [0.2, 0.25) is 0 Å². The molecule has 2 heteroatoms. The van der Waals surface area contributed by atoms with E-state index in [9.17, 15) is 0 Å². The molecule has 0 spiro atoms. The summed E-state index contributed by atoms with van der Waals surface area (Å²) in [6, 6.07) is 11.2. The lowest BCUT2D eigenvalue weighted by Gasteiger charge is -2.40. The Morgan fingerprint density at radius 3 is 2.21 bits per heavy atom. The van der Waals surface area contributed by atoms with Gasteiger partial charge in [-0.2, -0.15) is 0 Å². The first-order chi connectivity index (χ1) is 9.25. The first-order valence-corrected chi connectivity index (χ1v) is 7.53. The first kappa shape index (κ1) is 16.2. The molecule has 1 rings (SSSR count). The molecule has 2 nitrogen and oxygen atoms in total. The van der Waals surface area contributed by atoms with Crippen LogP contribution in [-0.4, -0.2) is 26.3 Å². The van der Waals surface area contributed by atoms with Gasteiger partial charge in [-0.25, -0.2) is 0 Å². The third-order valence-corrected chi connectivity index (χ3v) is 4.25. The first-order valence-electron chi connectivity index (χ1n) is 7.53. The zero-order chi connectivity index (χ0) is 14.1. The molecule has 1 N–H and O–H groups in total. The van der Waals surface area contributed by atoms with Crippen molar-refractivity contribution in [1.82, 2.24) is 5.32 Å². The lowest BCUT2D eigenvalue weighted by molar-refractivity contribution is 0.119. The van der Waals surface area contributed by atoms with Crippen molar-refractivity contribution in [2.45, 2.75) is 51.5 Å². The van der Waals surface area contributed by atoms with Gasteiger partial charge in [0.15, 0.2) is 0 Å². The van der Waals surface area contributed by atoms with Gasteiger partial charge >= 0.3 is 0 Å². The average molecular weight is 263 g/mol. The molecule has 108 valence electrons. The highest BCUT2D eigenvalue weighted by atomic mass is 16.5. The maximum Gasteiger partial charge on any atom is 0.0624 e. The molecule has 0 aliphatic heterocycles. The van der Waals surface area contributed by atoms with E-state index in [1.54, 1.807) is 7.11 Å². The van der Waals surface area contributed by atoms with Gasteiger partial charge in [0.25, 0.3) is 0 Å². The van der Waals surface area contributed by atoms with Crippen LogP contribution in [0.5, 0.6) is 0 Å². The minimum atomic E-state index is 0.159. The Bertz CT molecular complexity index is 332. The zero-order valence-electron chi connectivity index (χ0n) is 12.9. The van der Waals surface area contributed by atoms with E-state index in [2.05, 4.69) is 56.4 Å². The van der Waals surface area contributed by atoms with Crippen molar-refractivity contribution in [3.05, 3.63) is 35.9 Å². The molecule has 0 saturated heterocycles. The van der Waals surface area contributed by atoms with Gasteiger partial charge < -0.3 is 10.1 Å². The molecule has 1 atom stereocenters. The highest BCUT2D eigenvalue weighted by Crippen LogP contribution is 2.35. The Labute approximate surface area is 118 Å². The second kappa shape index (κ2) is 8.34. The summed E-state index contributed by atoms with van der Waals surface area (Å²) in [6.07, 6.45) is 3.40. The molecule has 1 unspecified atom stereocenters. The topological polar surface area (TPSA) is 21.3 Å². The van der Waals surface area contributed by atoms with Crippen LogP contribution in [0.15, 0.2) is 30.3 Å². The van der Waals surface area contributed by atoms with Gasteiger partial charge in [0, 0.05) is 18.6 Å². The standard InChI is InChI=1S/C17H29NO/c1-5-13-18-16(14-19-4)17(6-2,7-3)15-11-9-8-10-12-15/h8-12,16,18H,5-7,13-14H2,1-4H3. The van der Waals surface area contributed by atoms with Gasteiger partial charge in [0.05, 0.1) is 6.61 Å². The number of nitrogens with one attached hydrogen (secondary N) is 1. The summed E-state index contributed by atoms with van der Waals surface area (Å²) in [4.78, 5) is 0. The fourth-order valence-electron chi connectivity index (χ4n) is 3.02. The number of ether oxygens (including phenoxy) is 1. The molecule has 19 heavy (non-hydrogen) atoms. The summed E-state index contributed by atoms with van der Waals surface area (Å²) >= 11 is 0. The van der Waals surface area contributed by atoms with Gasteiger partial charge in [-0.05, 0) is 31.4 Å². The summed E-state index contributed by atoms with van der Waals surface area (Å²) in [5.41, 5.74) is 1.58. The minimum absolute atomic E-state index is 0.159. The van der Waals surface area contributed by atoms with Crippen LogP contribution >= 0.6 is 0 Å². The lowest BCUT2D eigenvalue weighted by Crippen LogP contribution is -2.51. The van der Waals surface area contributed by atoms with Gasteiger partial charge in [-0.1, -0.05) is 51.1 Å². The maximum absolute atomic E-state index is 5.47. The van der Waals surface area contributed by atoms with Crippen LogP contribution in [-0.2, 0) is 10.2 Å². The summed E-state index contributed by atoms with van der Waals surface area (Å²) < 4.78 is 5.47. The van der Waals surface area contributed by atoms with E-state index in [0.717, 1.165) is 32.4 Å². The molecule has 1 aromatic rings. The van der Waals surface area contributed by atoms with Crippen molar-refractivity contribution in [3.63, 3.8) is 0 Å². The molecular formula is C17H29NO. The van der Waals surface area contributed by atoms with Crippen molar-refractivity contribution in [2.75, 3.05) is 20.3 Å². The van der Waals surface area contributed by atoms with Crippen molar-refractivity contribution in [1.29, 1.82) is 0 Å². The zero-order valence-corrected chi connectivity index (χ0v) is 12.9. The Hall–Kier alpha value is -0.860. The normalized spacial score (nSPS) is 13.5. The SMILES string of the molecule is CCCNC(COC)C(CC)(CC)c1ccccc1. The van der Waals surface area contributed by atoms with E-state index < -0.39 is 0 Å². The third kappa shape index (κ3) is 3.80. The summed E-state index contributed by atoms with van der Waals surface area (Å²) in [5, 5.41) is 3.69. The van der Waals surface area contributed by atoms with Crippen LogP contribution in [0, 0.1) is 0 Å². The van der Waals surface area contributed by atoms with Gasteiger partial charge in [-0.3, -0.25) is 0 Å². The summed E-state index contributed by atoms with van der Waals surface area (Å²) in [6.45, 7) is 8.58. The molecule has 0 aliphatic carbocycles. The van der Waals surface area contributed by atoms with E-state index in [-0.39, 0.29) is 5.41 Å². The molecular weight excluding hydrogens is 234 g/mol. The molecule has 0 fully saturated rings. The highest BCUT2D eigenvalue weighted by molar-refractivity contribution is 5.27. The molecule has 0 bridgehead atoms. The largest absolute Gasteiger partial charge is 0.383 e. The van der Waals surface area contributed by atoms with E-state index >= 15 is 0 Å². The summed E-state index contributed by atoms with van der Waals surface area (Å²) in [5.74, 6) is 0. The van der Waals surface area contributed by atoms with E-state index in [0.29, 0.717) is 6.04 Å². The molecule has 0 heterocycles. The van der Waals surface area contributed by atoms with Crippen molar-refractivity contribution >= 4 is 0 Å². The predicted molar refractivity (Wildman–Crippen MR) is 82.7 cm³/mol. The molecule has 0 radical (unpaired) electrons. The van der Waals surface area contributed by atoms with Crippen LogP contribution in [0.4, 0.5) is 0 Å². The van der Waals surface area contributed by atoms with Crippen LogP contribution < -0.4 is 5.32 Å². The fourth-order valence-corrected chi connectivity index (χ4v) is 3.02. The van der Waals surface area contributed by atoms with E-state index in [4.69, 9.17) is 4.74 Å². The monoisotopic (exact) mass is 263 g/mol. The van der Waals surface area contributed by atoms with Crippen molar-refractivity contribution in [3.8, 4) is 0 Å². The molecule has 0 amide bonds. The Kier molecular flexibility index (Phi) is 7.11. The average Bonchev–Trinajstić information content (AvgIpc) is 2.47. The van der Waals surface area contributed by atoms with Gasteiger partial charge in [0.1, 0.15) is 0 Å². The minimum Gasteiger partial charge on any atom is -0.383 e. The molecule has 0 saturated carbocycles. The fraction of sp³-hybridized carbons (Fsp3) is 0.647. The number of benzene rings is 1. The maximum atomic E-state index is 5.47. The third-order valence-electron chi connectivity index (χ3n) is 4.25. The van der Waals surface area contributed by atoms with Crippen LogP contribution in [0.1, 0.15) is 45.6 Å². The quantitative estimate of drug-likeness (QED) is 0.732. The Balaban J connectivity index is 3.06. The van der Waals surface area contributed by atoms with Crippen molar-refractivity contribution < 1.29 is 4.74 Å². The smallest absolute Gasteiger partial charge is 0.0624 e. The number of rotatable bonds is 9. The van der Waals surface area contributed by atoms with Gasteiger partial charge in [-0.15, -0.1) is 0 Å². The highest BCUT2D eigenvalue weighted by Gasteiger charge is 2.36. The molecule has 0 aliphatic rings. The molecule has 1 aromatic carbocycles. The number of methoxy groups -OCH3 is 1. The van der Waals surface area contributed by atoms with E-state index in [1.165, 1.54) is 5.56 Å². The lowest BCUT2D eigenvalue weighted by atomic mass is 9.70. The van der Waals surface area contributed by atoms with Crippen LogP contribution in [0.3, 0.4) is 0 Å². The summed E-state index contributed by atoms with van der Waals surface area (Å²) in [7, 11) is 1.79. The second-order valence-electron chi connectivity index (χ2n) is 5.19. The Morgan fingerprint density at radius 2 is 1.74 bits per heavy atom. The van der Waals surface area contributed by atoms with E-state index in [1.807, 2.05) is 0 Å². The predicted octanol–water partition coefficient (Wildman–Crippen LogP) is 3.76. The van der Waals surface area contributed by atoms with Crippen molar-refractivity contribution in [2.24, 2.45) is 0 Å². The number of hydrogen-bond acceptors (Lipinski definition) is 2. The number of hydrogen-bond donors (Lipinski definition) is 1. The Morgan fingerprint density at radius 1 is 1.11 bits per heavy atom.